The van der Waals surface area contributed by atoms with Crippen molar-refractivity contribution in [2.45, 2.75) is 13.0 Å². The molecule has 1 aromatic carbocycles. The van der Waals surface area contributed by atoms with Crippen LogP contribution in [0.15, 0.2) is 16.6 Å². The van der Waals surface area contributed by atoms with Crippen LogP contribution in [0.1, 0.15) is 17.2 Å². The summed E-state index contributed by atoms with van der Waals surface area (Å²) in [5.41, 5.74) is 1.18. The highest BCUT2D eigenvalue weighted by Crippen LogP contribution is 2.27. The van der Waals surface area contributed by atoms with E-state index in [2.05, 4.69) is 38.5 Å². The molecule has 0 radical (unpaired) electrons. The van der Waals surface area contributed by atoms with Crippen LogP contribution in [0.2, 0.25) is 0 Å². The van der Waals surface area contributed by atoms with Gasteiger partial charge in [0.05, 0.1) is 0 Å². The first-order valence-electron chi connectivity index (χ1n) is 3.80. The first-order valence-corrected chi connectivity index (χ1v) is 5.67. The number of aliphatic hydroxyl groups is 1. The predicted molar refractivity (Wildman–Crippen MR) is 64.2 cm³/mol. The molecule has 0 saturated heterocycles. The number of rotatable bonds is 2. The normalized spacial score (nSPS) is 12.6. The van der Waals surface area contributed by atoms with Gasteiger partial charge in [-0.2, -0.15) is 0 Å². The van der Waals surface area contributed by atoms with Gasteiger partial charge >= 0.3 is 5.97 Å². The summed E-state index contributed by atoms with van der Waals surface area (Å²) in [5, 5.41) is 18.1. The Hall–Kier alpha value is -0.140. The lowest BCUT2D eigenvalue weighted by molar-refractivity contribution is -0.147. The van der Waals surface area contributed by atoms with Crippen LogP contribution < -0.4 is 0 Å². The van der Waals surface area contributed by atoms with E-state index in [4.69, 9.17) is 5.11 Å². The highest BCUT2D eigenvalue weighted by Gasteiger charge is 2.19. The maximum atomic E-state index is 10.6. The Morgan fingerprint density at radius 2 is 2.14 bits per heavy atom. The Morgan fingerprint density at radius 3 is 2.64 bits per heavy atom. The quantitative estimate of drug-likeness (QED) is 0.786. The third-order valence-electron chi connectivity index (χ3n) is 1.88. The van der Waals surface area contributed by atoms with Gasteiger partial charge in [0.25, 0.3) is 0 Å². The molecular weight excluding hydrogens is 363 g/mol. The predicted octanol–water partition coefficient (Wildman–Crippen LogP) is 2.48. The zero-order valence-electron chi connectivity index (χ0n) is 7.29. The zero-order valence-corrected chi connectivity index (χ0v) is 11.0. The summed E-state index contributed by atoms with van der Waals surface area (Å²) >= 11 is 5.38. The van der Waals surface area contributed by atoms with E-state index in [1.807, 2.05) is 6.07 Å². The molecule has 0 heterocycles. The zero-order chi connectivity index (χ0) is 10.9. The van der Waals surface area contributed by atoms with Crippen molar-refractivity contribution in [2.75, 3.05) is 0 Å². The Morgan fingerprint density at radius 1 is 1.57 bits per heavy atom. The fraction of sp³-hybridized carbons (Fsp3) is 0.222. The van der Waals surface area contributed by atoms with Gasteiger partial charge in [-0.1, -0.05) is 15.9 Å². The Kier molecular flexibility index (Phi) is 3.91. The van der Waals surface area contributed by atoms with E-state index in [1.165, 1.54) is 0 Å². The topological polar surface area (TPSA) is 57.5 Å². The van der Waals surface area contributed by atoms with Crippen LogP contribution in [-0.2, 0) is 4.79 Å². The van der Waals surface area contributed by atoms with E-state index in [0.717, 1.165) is 13.6 Å². The van der Waals surface area contributed by atoms with Crippen LogP contribution in [0.25, 0.3) is 0 Å². The largest absolute Gasteiger partial charge is 0.479 e. The van der Waals surface area contributed by atoms with Crippen LogP contribution in [0.4, 0.5) is 0 Å². The van der Waals surface area contributed by atoms with Crippen LogP contribution in [0.3, 0.4) is 0 Å². The maximum Gasteiger partial charge on any atom is 0.337 e. The lowest BCUT2D eigenvalue weighted by Crippen LogP contribution is -2.12. The lowest BCUT2D eigenvalue weighted by atomic mass is 10.0. The van der Waals surface area contributed by atoms with Gasteiger partial charge in [0.1, 0.15) is 0 Å². The first-order chi connectivity index (χ1) is 6.43. The van der Waals surface area contributed by atoms with Crippen molar-refractivity contribution in [2.24, 2.45) is 0 Å². The summed E-state index contributed by atoms with van der Waals surface area (Å²) in [6.45, 7) is 1.77. The highest BCUT2D eigenvalue weighted by atomic mass is 127. The van der Waals surface area contributed by atoms with Gasteiger partial charge in [0.15, 0.2) is 6.10 Å². The minimum absolute atomic E-state index is 0.427. The highest BCUT2D eigenvalue weighted by molar-refractivity contribution is 14.1. The molecule has 0 amide bonds. The molecule has 0 aliphatic carbocycles. The first kappa shape index (κ1) is 11.9. The molecule has 0 bridgehead atoms. The fourth-order valence-corrected chi connectivity index (χ4v) is 2.63. The third-order valence-corrected chi connectivity index (χ3v) is 3.32. The molecule has 76 valence electrons. The van der Waals surface area contributed by atoms with E-state index in [9.17, 15) is 9.90 Å². The van der Waals surface area contributed by atoms with Crippen LogP contribution in [0.5, 0.6) is 0 Å². The van der Waals surface area contributed by atoms with Gasteiger partial charge in [0, 0.05) is 8.04 Å². The molecule has 1 unspecified atom stereocenters. The summed E-state index contributed by atoms with van der Waals surface area (Å²) < 4.78 is 1.69. The molecule has 1 aromatic rings. The van der Waals surface area contributed by atoms with Gasteiger partial charge in [-0.3, -0.25) is 0 Å². The fourth-order valence-electron chi connectivity index (χ4n) is 1.08. The molecule has 14 heavy (non-hydrogen) atoms. The van der Waals surface area contributed by atoms with Crippen molar-refractivity contribution in [3.63, 3.8) is 0 Å². The van der Waals surface area contributed by atoms with Gasteiger partial charge in [-0.25, -0.2) is 4.79 Å². The molecule has 0 spiro atoms. The maximum absolute atomic E-state index is 10.6. The molecule has 0 aromatic heterocycles. The smallest absolute Gasteiger partial charge is 0.337 e. The van der Waals surface area contributed by atoms with E-state index in [1.54, 1.807) is 13.0 Å². The van der Waals surface area contributed by atoms with E-state index in [-0.39, 0.29) is 0 Å². The second kappa shape index (κ2) is 4.59. The number of carboxylic acid groups (broad SMARTS) is 1. The summed E-state index contributed by atoms with van der Waals surface area (Å²) in [4.78, 5) is 10.6. The van der Waals surface area contributed by atoms with Crippen LogP contribution in [-0.4, -0.2) is 16.2 Å². The second-order valence-corrected chi connectivity index (χ2v) is 4.94. The molecule has 1 rings (SSSR count). The SMILES string of the molecule is Cc1c(Br)cc(I)cc1C(O)C(=O)O. The third kappa shape index (κ3) is 2.46. The summed E-state index contributed by atoms with van der Waals surface area (Å²) in [7, 11) is 0. The van der Waals surface area contributed by atoms with Gasteiger partial charge in [-0.15, -0.1) is 0 Å². The van der Waals surface area contributed by atoms with Crippen molar-refractivity contribution in [1.82, 2.24) is 0 Å². The number of carboxylic acids is 1. The average molecular weight is 371 g/mol. The molecule has 0 aliphatic heterocycles. The van der Waals surface area contributed by atoms with Gasteiger partial charge < -0.3 is 10.2 Å². The van der Waals surface area contributed by atoms with Crippen LogP contribution in [0, 0.1) is 10.5 Å². The monoisotopic (exact) mass is 370 g/mol. The number of hydrogen-bond donors (Lipinski definition) is 2. The lowest BCUT2D eigenvalue weighted by Gasteiger charge is -2.11. The second-order valence-electron chi connectivity index (χ2n) is 2.84. The number of hydrogen-bond acceptors (Lipinski definition) is 2. The summed E-state index contributed by atoms with van der Waals surface area (Å²) in [6.07, 6.45) is -1.46. The molecule has 0 fully saturated rings. The van der Waals surface area contributed by atoms with Crippen LogP contribution >= 0.6 is 38.5 Å². The van der Waals surface area contributed by atoms with Crippen molar-refractivity contribution in [1.29, 1.82) is 0 Å². The molecule has 1 atom stereocenters. The van der Waals surface area contributed by atoms with E-state index < -0.39 is 12.1 Å². The number of aliphatic hydroxyl groups excluding tert-OH is 1. The molecule has 3 nitrogen and oxygen atoms in total. The summed E-state index contributed by atoms with van der Waals surface area (Å²) in [5.74, 6) is -1.23. The average Bonchev–Trinajstić information content (AvgIpc) is 2.09. The van der Waals surface area contributed by atoms with Crippen molar-refractivity contribution in [3.05, 3.63) is 31.3 Å². The van der Waals surface area contributed by atoms with Crippen molar-refractivity contribution in [3.8, 4) is 0 Å². The minimum Gasteiger partial charge on any atom is -0.479 e. The minimum atomic E-state index is -1.46. The van der Waals surface area contributed by atoms with Crippen molar-refractivity contribution < 1.29 is 15.0 Å². The number of carbonyl (C=O) groups is 1. The van der Waals surface area contributed by atoms with Crippen molar-refractivity contribution >= 4 is 44.5 Å². The number of benzene rings is 1. The molecule has 0 aliphatic rings. The Bertz CT molecular complexity index is 379. The molecular formula is C9H8BrIO3. The summed E-state index contributed by atoms with van der Waals surface area (Å²) in [6, 6.07) is 3.54. The van der Waals surface area contributed by atoms with E-state index in [0.29, 0.717) is 5.56 Å². The molecule has 5 heteroatoms. The molecule has 2 N–H and O–H groups in total. The molecule has 0 saturated carbocycles. The van der Waals surface area contributed by atoms with Gasteiger partial charge in [0.2, 0.25) is 0 Å². The Labute approximate surface area is 103 Å². The van der Waals surface area contributed by atoms with Gasteiger partial charge in [-0.05, 0) is 52.8 Å². The number of aliphatic carboxylic acids is 1. The standard InChI is InChI=1S/C9H8BrIO3/c1-4-6(8(12)9(13)14)2-5(11)3-7(4)10/h2-3,8,12H,1H3,(H,13,14). The Balaban J connectivity index is 3.26. The van der Waals surface area contributed by atoms with E-state index >= 15 is 0 Å². The number of halogens is 2.